The molecule has 0 aliphatic carbocycles. The maximum Gasteiger partial charge on any atom is 0.253 e. The third kappa shape index (κ3) is 4.99. The van der Waals surface area contributed by atoms with E-state index in [1.165, 1.54) is 10.6 Å². The number of amides is 2. The molecule has 0 radical (unpaired) electrons. The van der Waals surface area contributed by atoms with Gasteiger partial charge in [0, 0.05) is 13.1 Å². The maximum absolute atomic E-state index is 12.7. The molecule has 2 amide bonds. The topological polar surface area (TPSA) is 109 Å². The Morgan fingerprint density at radius 3 is 2.71 bits per heavy atom. The predicted molar refractivity (Wildman–Crippen MR) is 104 cm³/mol. The summed E-state index contributed by atoms with van der Waals surface area (Å²) in [5, 5.41) is 5.53. The molecule has 0 saturated carbocycles. The Morgan fingerprint density at radius 2 is 2.00 bits per heavy atom. The fraction of sp³-hybridized carbons (Fsp3) is 0.368. The summed E-state index contributed by atoms with van der Waals surface area (Å²) < 4.78 is 30.0. The lowest BCUT2D eigenvalue weighted by atomic mass is 9.98. The largest absolute Gasteiger partial charge is 0.467 e. The van der Waals surface area contributed by atoms with Crippen LogP contribution in [0.1, 0.15) is 29.0 Å². The summed E-state index contributed by atoms with van der Waals surface area (Å²) in [4.78, 5) is 25.2. The number of anilines is 1. The lowest BCUT2D eigenvalue weighted by Crippen LogP contribution is -2.43. The van der Waals surface area contributed by atoms with E-state index < -0.39 is 15.9 Å². The third-order valence-corrected chi connectivity index (χ3v) is 5.93. The van der Waals surface area contributed by atoms with E-state index in [4.69, 9.17) is 4.42 Å². The van der Waals surface area contributed by atoms with Crippen molar-refractivity contribution in [2.24, 2.45) is 5.92 Å². The first-order chi connectivity index (χ1) is 13.3. The van der Waals surface area contributed by atoms with Crippen LogP contribution in [0.5, 0.6) is 0 Å². The minimum Gasteiger partial charge on any atom is -0.467 e. The number of hydrogen-bond acceptors (Lipinski definition) is 5. The zero-order chi connectivity index (χ0) is 20.1. The van der Waals surface area contributed by atoms with Crippen LogP contribution in [0.4, 0.5) is 5.69 Å². The smallest absolute Gasteiger partial charge is 0.253 e. The number of carbonyl (C=O) groups excluding carboxylic acids is 2. The van der Waals surface area contributed by atoms with Crippen molar-refractivity contribution in [2.75, 3.05) is 24.7 Å². The van der Waals surface area contributed by atoms with Gasteiger partial charge in [-0.1, -0.05) is 12.1 Å². The molecule has 1 fully saturated rings. The molecule has 1 aromatic heterocycles. The van der Waals surface area contributed by atoms with Crippen molar-refractivity contribution >= 4 is 27.5 Å². The summed E-state index contributed by atoms with van der Waals surface area (Å²) in [6.07, 6.45) is 3.90. The van der Waals surface area contributed by atoms with Crippen molar-refractivity contribution in [1.82, 2.24) is 9.62 Å². The number of nitrogens with zero attached hydrogens (tertiary/aromatic N) is 1. The first-order valence-electron chi connectivity index (χ1n) is 9.00. The molecule has 2 N–H and O–H groups in total. The van der Waals surface area contributed by atoms with Crippen LogP contribution in [0, 0.1) is 5.92 Å². The van der Waals surface area contributed by atoms with Gasteiger partial charge in [0.25, 0.3) is 5.91 Å². The number of hydrogen-bond donors (Lipinski definition) is 2. The van der Waals surface area contributed by atoms with Gasteiger partial charge in [-0.3, -0.25) is 9.59 Å². The zero-order valence-corrected chi connectivity index (χ0v) is 16.4. The Hall–Kier alpha value is -2.65. The molecule has 8 nitrogen and oxygen atoms in total. The Labute approximate surface area is 164 Å². The van der Waals surface area contributed by atoms with Crippen LogP contribution in [-0.2, 0) is 21.4 Å². The molecule has 150 valence electrons. The third-order valence-electron chi connectivity index (χ3n) is 4.66. The highest BCUT2D eigenvalue weighted by Gasteiger charge is 2.30. The van der Waals surface area contributed by atoms with Gasteiger partial charge in [0.2, 0.25) is 15.9 Å². The van der Waals surface area contributed by atoms with Gasteiger partial charge in [0.1, 0.15) is 5.76 Å². The maximum atomic E-state index is 12.7. The Morgan fingerprint density at radius 1 is 1.21 bits per heavy atom. The van der Waals surface area contributed by atoms with E-state index in [1.54, 1.807) is 36.4 Å². The van der Waals surface area contributed by atoms with Gasteiger partial charge in [-0.15, -0.1) is 0 Å². The summed E-state index contributed by atoms with van der Waals surface area (Å²) >= 11 is 0. The summed E-state index contributed by atoms with van der Waals surface area (Å²) in [7, 11) is -3.34. The molecule has 0 unspecified atom stereocenters. The van der Waals surface area contributed by atoms with Gasteiger partial charge < -0.3 is 15.1 Å². The van der Waals surface area contributed by atoms with Crippen molar-refractivity contribution in [3.8, 4) is 0 Å². The van der Waals surface area contributed by atoms with Crippen LogP contribution < -0.4 is 10.6 Å². The SMILES string of the molecule is CS(=O)(=O)N1CCC[C@H](C(=O)Nc2ccccc2C(=O)NCc2ccco2)C1. The molecule has 1 saturated heterocycles. The second-order valence-corrected chi connectivity index (χ2v) is 8.74. The number of furan rings is 1. The molecular formula is C19H23N3O5S. The first-order valence-corrected chi connectivity index (χ1v) is 10.8. The molecule has 28 heavy (non-hydrogen) atoms. The van der Waals surface area contributed by atoms with E-state index in [0.717, 1.165) is 6.26 Å². The Bertz CT molecular complexity index is 940. The van der Waals surface area contributed by atoms with Gasteiger partial charge in [-0.25, -0.2) is 12.7 Å². The van der Waals surface area contributed by atoms with Gasteiger partial charge in [0.05, 0.1) is 36.2 Å². The Kier molecular flexibility index (Phi) is 6.15. The molecule has 0 spiro atoms. The standard InChI is InChI=1S/C19H23N3O5S/c1-28(25,26)22-10-4-6-14(13-22)18(23)21-17-9-3-2-8-16(17)19(24)20-12-15-7-5-11-27-15/h2-3,5,7-9,11,14H,4,6,10,12-13H2,1H3,(H,20,24)(H,21,23)/t14-/m0/s1. The zero-order valence-electron chi connectivity index (χ0n) is 15.6. The number of rotatable bonds is 6. The van der Waals surface area contributed by atoms with Crippen LogP contribution in [0.15, 0.2) is 47.1 Å². The summed E-state index contributed by atoms with van der Waals surface area (Å²) in [5.41, 5.74) is 0.721. The highest BCUT2D eigenvalue weighted by molar-refractivity contribution is 7.88. The molecule has 2 heterocycles. The minimum absolute atomic E-state index is 0.150. The first kappa shape index (κ1) is 20.1. The van der Waals surface area contributed by atoms with Gasteiger partial charge in [-0.2, -0.15) is 0 Å². The monoisotopic (exact) mass is 405 g/mol. The number of piperidine rings is 1. The van der Waals surface area contributed by atoms with E-state index >= 15 is 0 Å². The van der Waals surface area contributed by atoms with Crippen molar-refractivity contribution in [2.45, 2.75) is 19.4 Å². The van der Waals surface area contributed by atoms with E-state index in [2.05, 4.69) is 10.6 Å². The number of carbonyl (C=O) groups is 2. The average molecular weight is 405 g/mol. The lowest BCUT2D eigenvalue weighted by molar-refractivity contribution is -0.120. The average Bonchev–Trinajstić information content (AvgIpc) is 3.19. The molecule has 3 rings (SSSR count). The molecule has 1 aliphatic heterocycles. The molecule has 1 aromatic carbocycles. The molecule has 1 atom stereocenters. The van der Waals surface area contributed by atoms with Crippen molar-refractivity contribution in [1.29, 1.82) is 0 Å². The quantitative estimate of drug-likeness (QED) is 0.762. The number of nitrogens with one attached hydrogen (secondary N) is 2. The fourth-order valence-electron chi connectivity index (χ4n) is 3.16. The lowest BCUT2D eigenvalue weighted by Gasteiger charge is -2.30. The second kappa shape index (κ2) is 8.57. The van der Waals surface area contributed by atoms with Crippen LogP contribution in [0.2, 0.25) is 0 Å². The van der Waals surface area contributed by atoms with Gasteiger partial charge in [0.15, 0.2) is 0 Å². The van der Waals surface area contributed by atoms with Gasteiger partial charge >= 0.3 is 0 Å². The molecule has 1 aliphatic rings. The predicted octanol–water partition coefficient (Wildman–Crippen LogP) is 1.82. The van der Waals surface area contributed by atoms with E-state index in [9.17, 15) is 18.0 Å². The van der Waals surface area contributed by atoms with Gasteiger partial charge in [-0.05, 0) is 37.1 Å². The second-order valence-electron chi connectivity index (χ2n) is 6.76. The highest BCUT2D eigenvalue weighted by atomic mass is 32.2. The number of para-hydroxylation sites is 1. The molecular weight excluding hydrogens is 382 g/mol. The highest BCUT2D eigenvalue weighted by Crippen LogP contribution is 2.22. The van der Waals surface area contributed by atoms with E-state index in [0.29, 0.717) is 36.4 Å². The van der Waals surface area contributed by atoms with Crippen molar-refractivity contribution in [3.05, 3.63) is 54.0 Å². The normalized spacial score (nSPS) is 17.8. The van der Waals surface area contributed by atoms with Crippen LogP contribution >= 0.6 is 0 Å². The van der Waals surface area contributed by atoms with E-state index in [-0.39, 0.29) is 24.9 Å². The van der Waals surface area contributed by atoms with Crippen LogP contribution in [0.3, 0.4) is 0 Å². The number of sulfonamides is 1. The Balaban J connectivity index is 1.67. The van der Waals surface area contributed by atoms with Crippen molar-refractivity contribution in [3.63, 3.8) is 0 Å². The van der Waals surface area contributed by atoms with Crippen LogP contribution in [0.25, 0.3) is 0 Å². The summed E-state index contributed by atoms with van der Waals surface area (Å²) in [5.74, 6) is -0.464. The molecule has 0 bridgehead atoms. The minimum atomic E-state index is -3.34. The molecule has 2 aromatic rings. The fourth-order valence-corrected chi connectivity index (χ4v) is 4.07. The summed E-state index contributed by atoms with van der Waals surface area (Å²) in [6, 6.07) is 10.2. The summed E-state index contributed by atoms with van der Waals surface area (Å²) in [6.45, 7) is 0.811. The number of benzene rings is 1. The van der Waals surface area contributed by atoms with Crippen molar-refractivity contribution < 1.29 is 22.4 Å². The molecule has 9 heteroatoms. The van der Waals surface area contributed by atoms with E-state index in [1.807, 2.05) is 0 Å². The van der Waals surface area contributed by atoms with Crippen LogP contribution in [-0.4, -0.2) is 43.9 Å².